The first-order valence-corrected chi connectivity index (χ1v) is 9.15. The van der Waals surface area contributed by atoms with Crippen molar-refractivity contribution in [2.45, 2.75) is 25.3 Å². The summed E-state index contributed by atoms with van der Waals surface area (Å²) in [4.78, 5) is 24.5. The second-order valence-electron chi connectivity index (χ2n) is 7.90. The number of aliphatic carboxylic acids is 1. The number of rotatable bonds is 4. The van der Waals surface area contributed by atoms with Gasteiger partial charge in [-0.25, -0.2) is 4.79 Å². The monoisotopic (exact) mass is 335 g/mol. The van der Waals surface area contributed by atoms with E-state index in [1.807, 2.05) is 36.4 Å². The number of carboxylic acids is 1. The van der Waals surface area contributed by atoms with E-state index in [1.54, 1.807) is 6.07 Å². The standard InChI is InChI=1S/C21H21NO3/c23-20(18-16-13-6-7-14(10-13)17(16)18)22-19(21(24)25)15-8-5-11-3-1-2-4-12(11)9-15/h1-5,8-9,13-14,16-19H,6-7,10H2,(H,22,23)(H,24,25). The van der Waals surface area contributed by atoms with Crippen molar-refractivity contribution in [1.82, 2.24) is 5.32 Å². The topological polar surface area (TPSA) is 66.4 Å². The molecule has 3 fully saturated rings. The lowest BCUT2D eigenvalue weighted by Crippen LogP contribution is -2.36. The number of nitrogens with one attached hydrogen (secondary N) is 1. The van der Waals surface area contributed by atoms with Crippen molar-refractivity contribution in [3.8, 4) is 0 Å². The second-order valence-corrected chi connectivity index (χ2v) is 7.90. The van der Waals surface area contributed by atoms with Crippen molar-refractivity contribution in [2.24, 2.45) is 29.6 Å². The molecule has 2 N–H and O–H groups in total. The SMILES string of the molecule is O=C(O)C(NC(=O)C1C2C3CCC(C3)C12)c1ccc2ccccc2c1. The molecule has 2 aromatic carbocycles. The highest BCUT2D eigenvalue weighted by atomic mass is 16.4. The van der Waals surface area contributed by atoms with Crippen molar-refractivity contribution >= 4 is 22.6 Å². The average Bonchev–Trinajstić information content (AvgIpc) is 3.06. The molecule has 3 saturated carbocycles. The van der Waals surface area contributed by atoms with Crippen LogP contribution in [0.3, 0.4) is 0 Å². The van der Waals surface area contributed by atoms with Gasteiger partial charge in [0.05, 0.1) is 0 Å². The van der Waals surface area contributed by atoms with Gasteiger partial charge in [-0.2, -0.15) is 0 Å². The van der Waals surface area contributed by atoms with E-state index in [-0.39, 0.29) is 11.8 Å². The van der Waals surface area contributed by atoms with Gasteiger partial charge in [0.1, 0.15) is 0 Å². The number of fused-ring (bicyclic) bond motifs is 6. The molecule has 5 rings (SSSR count). The summed E-state index contributed by atoms with van der Waals surface area (Å²) in [6.45, 7) is 0. The Morgan fingerprint density at radius 2 is 1.68 bits per heavy atom. The summed E-state index contributed by atoms with van der Waals surface area (Å²) in [6, 6.07) is 12.5. The van der Waals surface area contributed by atoms with Gasteiger partial charge in [0.25, 0.3) is 0 Å². The van der Waals surface area contributed by atoms with Gasteiger partial charge < -0.3 is 10.4 Å². The molecule has 4 heteroatoms. The van der Waals surface area contributed by atoms with Gasteiger partial charge in [0.2, 0.25) is 5.91 Å². The Morgan fingerprint density at radius 3 is 2.36 bits per heavy atom. The van der Waals surface area contributed by atoms with E-state index in [1.165, 1.54) is 19.3 Å². The van der Waals surface area contributed by atoms with E-state index >= 15 is 0 Å². The predicted molar refractivity (Wildman–Crippen MR) is 93.8 cm³/mol. The van der Waals surface area contributed by atoms with Crippen molar-refractivity contribution in [3.05, 3.63) is 48.0 Å². The first kappa shape index (κ1) is 14.9. The number of carbonyl (C=O) groups is 2. The Balaban J connectivity index is 1.38. The molecule has 128 valence electrons. The van der Waals surface area contributed by atoms with Gasteiger partial charge in [-0.1, -0.05) is 36.4 Å². The Labute approximate surface area is 146 Å². The van der Waals surface area contributed by atoms with Crippen LogP contribution in [0.2, 0.25) is 0 Å². The van der Waals surface area contributed by atoms with Crippen LogP contribution in [0, 0.1) is 29.6 Å². The molecule has 0 aliphatic heterocycles. The maximum atomic E-state index is 12.7. The summed E-state index contributed by atoms with van der Waals surface area (Å²) in [5.41, 5.74) is 0.633. The molecule has 1 amide bonds. The normalized spacial score (nSPS) is 33.0. The van der Waals surface area contributed by atoms with Crippen LogP contribution in [-0.4, -0.2) is 17.0 Å². The highest BCUT2D eigenvalue weighted by Gasteiger charge is 2.67. The van der Waals surface area contributed by atoms with Crippen LogP contribution in [0.5, 0.6) is 0 Å². The Hall–Kier alpha value is -2.36. The van der Waals surface area contributed by atoms with Crippen LogP contribution in [-0.2, 0) is 9.59 Å². The van der Waals surface area contributed by atoms with Crippen LogP contribution in [0.1, 0.15) is 30.9 Å². The molecule has 0 radical (unpaired) electrons. The number of carboxylic acid groups (broad SMARTS) is 1. The first-order valence-electron chi connectivity index (χ1n) is 9.15. The molecule has 0 aromatic heterocycles. The summed E-state index contributed by atoms with van der Waals surface area (Å²) < 4.78 is 0. The van der Waals surface area contributed by atoms with Crippen LogP contribution in [0.15, 0.2) is 42.5 Å². The predicted octanol–water partition coefficient (Wildman–Crippen LogP) is 3.37. The van der Waals surface area contributed by atoms with E-state index in [9.17, 15) is 14.7 Å². The average molecular weight is 335 g/mol. The summed E-state index contributed by atoms with van der Waals surface area (Å²) in [7, 11) is 0. The van der Waals surface area contributed by atoms with Crippen molar-refractivity contribution in [2.75, 3.05) is 0 Å². The fourth-order valence-corrected chi connectivity index (χ4v) is 5.59. The third-order valence-corrected chi connectivity index (χ3v) is 6.68. The minimum Gasteiger partial charge on any atom is -0.479 e. The molecule has 3 aliphatic carbocycles. The molecule has 3 aliphatic rings. The molecule has 0 heterocycles. The molecule has 2 aromatic rings. The number of amides is 1. The summed E-state index contributed by atoms with van der Waals surface area (Å²) >= 11 is 0. The number of carbonyl (C=O) groups excluding carboxylic acids is 1. The molecule has 0 saturated heterocycles. The van der Waals surface area contributed by atoms with Crippen molar-refractivity contribution < 1.29 is 14.7 Å². The largest absolute Gasteiger partial charge is 0.479 e. The van der Waals surface area contributed by atoms with Gasteiger partial charge in [-0.05, 0) is 65.3 Å². The highest BCUT2D eigenvalue weighted by Crippen LogP contribution is 2.69. The molecule has 4 nitrogen and oxygen atoms in total. The van der Waals surface area contributed by atoms with E-state index in [4.69, 9.17) is 0 Å². The number of hydrogen-bond acceptors (Lipinski definition) is 2. The van der Waals surface area contributed by atoms with E-state index in [0.717, 1.165) is 10.8 Å². The van der Waals surface area contributed by atoms with E-state index < -0.39 is 12.0 Å². The van der Waals surface area contributed by atoms with Crippen LogP contribution in [0.25, 0.3) is 10.8 Å². The maximum Gasteiger partial charge on any atom is 0.330 e. The Bertz CT molecular complexity index is 860. The lowest BCUT2D eigenvalue weighted by Gasteiger charge is -2.17. The Morgan fingerprint density at radius 1 is 1.00 bits per heavy atom. The number of hydrogen-bond donors (Lipinski definition) is 2. The molecule has 2 bridgehead atoms. The van der Waals surface area contributed by atoms with Gasteiger partial charge in [0.15, 0.2) is 6.04 Å². The quantitative estimate of drug-likeness (QED) is 0.900. The van der Waals surface area contributed by atoms with Crippen LogP contribution >= 0.6 is 0 Å². The molecule has 5 atom stereocenters. The molecule has 25 heavy (non-hydrogen) atoms. The van der Waals surface area contributed by atoms with Crippen LogP contribution < -0.4 is 5.32 Å². The zero-order chi connectivity index (χ0) is 17.1. The third-order valence-electron chi connectivity index (χ3n) is 6.68. The fraction of sp³-hybridized carbons (Fsp3) is 0.429. The second kappa shape index (κ2) is 5.32. The van der Waals surface area contributed by atoms with E-state index in [2.05, 4.69) is 5.32 Å². The molecular weight excluding hydrogens is 314 g/mol. The molecular formula is C21H21NO3. The van der Waals surface area contributed by atoms with Gasteiger partial charge in [0, 0.05) is 5.92 Å². The summed E-state index contributed by atoms with van der Waals surface area (Å²) in [5.74, 6) is 1.43. The number of benzene rings is 2. The molecule has 5 unspecified atom stereocenters. The third kappa shape index (κ3) is 2.27. The smallest absolute Gasteiger partial charge is 0.330 e. The lowest BCUT2D eigenvalue weighted by molar-refractivity contribution is -0.142. The molecule has 0 spiro atoms. The Kier molecular flexibility index (Phi) is 3.18. The minimum atomic E-state index is -1.00. The zero-order valence-electron chi connectivity index (χ0n) is 13.9. The van der Waals surface area contributed by atoms with Gasteiger partial charge in [-0.3, -0.25) is 4.79 Å². The van der Waals surface area contributed by atoms with Gasteiger partial charge >= 0.3 is 5.97 Å². The highest BCUT2D eigenvalue weighted by molar-refractivity contribution is 5.90. The lowest BCUT2D eigenvalue weighted by atomic mass is 9.99. The fourth-order valence-electron chi connectivity index (χ4n) is 5.59. The first-order chi connectivity index (χ1) is 12.1. The summed E-state index contributed by atoms with van der Waals surface area (Å²) in [5, 5.41) is 14.5. The zero-order valence-corrected chi connectivity index (χ0v) is 13.9. The van der Waals surface area contributed by atoms with Crippen molar-refractivity contribution in [1.29, 1.82) is 0 Å². The van der Waals surface area contributed by atoms with Gasteiger partial charge in [-0.15, -0.1) is 0 Å². The summed E-state index contributed by atoms with van der Waals surface area (Å²) in [6.07, 6.45) is 3.79. The maximum absolute atomic E-state index is 12.7. The van der Waals surface area contributed by atoms with E-state index in [0.29, 0.717) is 29.2 Å². The minimum absolute atomic E-state index is 0.0496. The van der Waals surface area contributed by atoms with Crippen molar-refractivity contribution in [3.63, 3.8) is 0 Å². The van der Waals surface area contributed by atoms with Crippen LogP contribution in [0.4, 0.5) is 0 Å².